The first-order valence-corrected chi connectivity index (χ1v) is 13.3. The van der Waals surface area contributed by atoms with Crippen molar-refractivity contribution < 1.29 is 13.8 Å². The van der Waals surface area contributed by atoms with E-state index in [1.54, 1.807) is 7.11 Å². The van der Waals surface area contributed by atoms with E-state index in [1.807, 2.05) is 30.3 Å². The Morgan fingerprint density at radius 3 is 2.56 bits per heavy atom. The summed E-state index contributed by atoms with van der Waals surface area (Å²) in [6.45, 7) is 4.30. The molecule has 0 spiro atoms. The van der Waals surface area contributed by atoms with Gasteiger partial charge in [0.05, 0.1) is 29.9 Å². The van der Waals surface area contributed by atoms with Crippen LogP contribution in [0.4, 0.5) is 0 Å². The molecular weight excluding hydrogens is 420 g/mol. The third kappa shape index (κ3) is 5.29. The van der Waals surface area contributed by atoms with Crippen molar-refractivity contribution in [2.75, 3.05) is 12.9 Å². The maximum Gasteiger partial charge on any atom is 0.122 e. The lowest BCUT2D eigenvalue weighted by atomic mass is 9.87. The van der Waals surface area contributed by atoms with Gasteiger partial charge >= 0.3 is 0 Å². The molecule has 0 aromatic heterocycles. The molecule has 2 aromatic carbocycles. The molecule has 0 radical (unpaired) electrons. The lowest BCUT2D eigenvalue weighted by Gasteiger charge is -2.42. The Labute approximate surface area is 194 Å². The van der Waals surface area contributed by atoms with Gasteiger partial charge in [0.2, 0.25) is 0 Å². The third-order valence-corrected chi connectivity index (χ3v) is 8.57. The number of methoxy groups -OCH3 is 1. The number of unbranched alkanes of at least 4 members (excludes halogenated alkanes) is 2. The number of ether oxygens (including phenoxy) is 1. The van der Waals surface area contributed by atoms with E-state index in [9.17, 15) is 9.11 Å². The summed E-state index contributed by atoms with van der Waals surface area (Å²) in [5.74, 6) is 1.04. The van der Waals surface area contributed by atoms with Crippen LogP contribution in [0.25, 0.3) is 0 Å². The second kappa shape index (κ2) is 10.7. The molecule has 32 heavy (non-hydrogen) atoms. The normalized spacial score (nSPS) is 22.9. The van der Waals surface area contributed by atoms with Crippen LogP contribution in [0.15, 0.2) is 47.4 Å². The van der Waals surface area contributed by atoms with Crippen molar-refractivity contribution in [1.82, 2.24) is 5.32 Å². The molecule has 0 unspecified atom stereocenters. The van der Waals surface area contributed by atoms with E-state index in [0.29, 0.717) is 29.9 Å². The molecule has 0 saturated heterocycles. The fraction of sp³-hybridized carbons (Fsp3) is 0.500. The molecule has 0 aliphatic carbocycles. The predicted molar refractivity (Wildman–Crippen MR) is 131 cm³/mol. The highest BCUT2D eigenvalue weighted by atomic mass is 32.3. The summed E-state index contributed by atoms with van der Waals surface area (Å²) < 4.78 is 28.7. The average molecular weight is 457 g/mol. The van der Waals surface area contributed by atoms with E-state index >= 15 is 0 Å². The molecule has 3 N–H and O–H groups in total. The van der Waals surface area contributed by atoms with Gasteiger partial charge in [0, 0.05) is 17.5 Å². The Bertz CT molecular complexity index is 942. The van der Waals surface area contributed by atoms with Gasteiger partial charge in [-0.25, -0.2) is 0 Å². The highest BCUT2D eigenvalue weighted by molar-refractivity contribution is 8.24. The van der Waals surface area contributed by atoms with Gasteiger partial charge in [0.25, 0.3) is 0 Å². The number of fused-ring (bicyclic) bond motifs is 1. The van der Waals surface area contributed by atoms with Gasteiger partial charge < -0.3 is 4.74 Å². The van der Waals surface area contributed by atoms with E-state index in [1.165, 1.54) is 0 Å². The molecule has 1 heterocycles. The van der Waals surface area contributed by atoms with Crippen molar-refractivity contribution in [2.24, 2.45) is 0 Å². The van der Waals surface area contributed by atoms with Crippen LogP contribution in [0.2, 0.25) is 0 Å². The zero-order chi connectivity index (χ0) is 23.2. The minimum atomic E-state index is -3.03. The molecule has 1 aliphatic rings. The van der Waals surface area contributed by atoms with E-state index in [-0.39, 0.29) is 11.6 Å². The summed E-state index contributed by atoms with van der Waals surface area (Å²) >= 11 is 0. The van der Waals surface area contributed by atoms with Crippen molar-refractivity contribution in [3.63, 3.8) is 0 Å². The summed E-state index contributed by atoms with van der Waals surface area (Å²) in [4.78, 5) is 0.610. The zero-order valence-corrected chi connectivity index (χ0v) is 20.3. The largest absolute Gasteiger partial charge is 0.496 e. The van der Waals surface area contributed by atoms with Crippen molar-refractivity contribution in [3.05, 3.63) is 59.2 Å². The number of nitriles is 1. The minimum absolute atomic E-state index is 0.168. The second-order valence-electron chi connectivity index (χ2n) is 8.75. The molecule has 5 nitrogen and oxygen atoms in total. The topological polar surface area (TPSA) is 85.5 Å². The SMILES string of the molecule is CCCC[C@]1(CC)CS(O)(O)c2cc(CCCC#N)c(OC)cc2[C@@H](c2ccccc2)N1. The molecule has 2 aromatic rings. The van der Waals surface area contributed by atoms with E-state index in [0.717, 1.165) is 48.1 Å². The van der Waals surface area contributed by atoms with Gasteiger partial charge in [0.15, 0.2) is 0 Å². The molecule has 0 fully saturated rings. The quantitative estimate of drug-likeness (QED) is 0.366. The van der Waals surface area contributed by atoms with Crippen molar-refractivity contribution in [1.29, 1.82) is 5.26 Å². The van der Waals surface area contributed by atoms with Crippen LogP contribution in [0.3, 0.4) is 0 Å². The Kier molecular flexibility index (Phi) is 8.24. The lowest BCUT2D eigenvalue weighted by Crippen LogP contribution is -2.49. The van der Waals surface area contributed by atoms with Gasteiger partial charge in [-0.2, -0.15) is 15.9 Å². The standard InChI is InChI=1S/C26H36N2O3S/c1-4-6-15-26(5-2)19-32(29,30)24-17-21(14-10-11-16-27)23(31-3)18-22(24)25(28-26)20-12-8-7-9-13-20/h7-9,12-13,17-18,25,28-30H,4-6,10-11,14-15,19H2,1-3H3/t25-,26-/m1/s1. The molecule has 1 aliphatic heterocycles. The van der Waals surface area contributed by atoms with Crippen molar-refractivity contribution in [3.8, 4) is 11.8 Å². The summed E-state index contributed by atoms with van der Waals surface area (Å²) in [6.07, 6.45) is 5.62. The van der Waals surface area contributed by atoms with Gasteiger partial charge in [-0.15, -0.1) is 0 Å². The Hall–Kier alpha value is -2.04. The highest BCUT2D eigenvalue weighted by Crippen LogP contribution is 2.58. The predicted octanol–water partition coefficient (Wildman–Crippen LogP) is 6.68. The van der Waals surface area contributed by atoms with E-state index in [2.05, 4.69) is 37.4 Å². The van der Waals surface area contributed by atoms with Crippen LogP contribution in [-0.4, -0.2) is 27.5 Å². The van der Waals surface area contributed by atoms with Crippen molar-refractivity contribution in [2.45, 2.75) is 75.3 Å². The number of hydrogen-bond acceptors (Lipinski definition) is 5. The van der Waals surface area contributed by atoms with Crippen LogP contribution in [-0.2, 0) is 6.42 Å². The first-order valence-electron chi connectivity index (χ1n) is 11.6. The zero-order valence-electron chi connectivity index (χ0n) is 19.4. The first-order chi connectivity index (χ1) is 15.4. The molecule has 2 atom stereocenters. The fourth-order valence-corrected chi connectivity index (χ4v) is 6.95. The van der Waals surface area contributed by atoms with E-state index in [4.69, 9.17) is 10.00 Å². The van der Waals surface area contributed by atoms with Gasteiger partial charge in [-0.1, -0.05) is 57.0 Å². The maximum absolute atomic E-state index is 11.5. The number of nitrogens with zero attached hydrogens (tertiary/aromatic N) is 1. The smallest absolute Gasteiger partial charge is 0.122 e. The summed E-state index contributed by atoms with van der Waals surface area (Å²) in [5.41, 5.74) is 2.51. The van der Waals surface area contributed by atoms with Crippen LogP contribution in [0.1, 0.15) is 75.1 Å². The van der Waals surface area contributed by atoms with Crippen LogP contribution < -0.4 is 10.1 Å². The van der Waals surface area contributed by atoms with Gasteiger partial charge in [0.1, 0.15) is 5.75 Å². The average Bonchev–Trinajstić information content (AvgIpc) is 2.90. The molecule has 6 heteroatoms. The maximum atomic E-state index is 11.5. The molecular formula is C26H36N2O3S. The summed E-state index contributed by atoms with van der Waals surface area (Å²) in [6, 6.07) is 16.1. The Morgan fingerprint density at radius 1 is 1.19 bits per heavy atom. The van der Waals surface area contributed by atoms with E-state index < -0.39 is 10.6 Å². The minimum Gasteiger partial charge on any atom is -0.496 e. The molecule has 3 rings (SSSR count). The number of benzene rings is 2. The number of nitrogens with one attached hydrogen (secondary N) is 1. The molecule has 0 amide bonds. The molecule has 174 valence electrons. The molecule has 0 bridgehead atoms. The Morgan fingerprint density at radius 2 is 1.94 bits per heavy atom. The second-order valence-corrected chi connectivity index (χ2v) is 10.8. The van der Waals surface area contributed by atoms with Crippen LogP contribution in [0, 0.1) is 11.3 Å². The van der Waals surface area contributed by atoms with Crippen molar-refractivity contribution >= 4 is 10.6 Å². The third-order valence-electron chi connectivity index (χ3n) is 6.56. The number of hydrogen-bond donors (Lipinski definition) is 3. The highest BCUT2D eigenvalue weighted by Gasteiger charge is 2.42. The fourth-order valence-electron chi connectivity index (χ4n) is 4.71. The monoisotopic (exact) mass is 456 g/mol. The van der Waals surface area contributed by atoms with Gasteiger partial charge in [-0.3, -0.25) is 14.4 Å². The number of aryl methyl sites for hydroxylation is 1. The number of rotatable bonds is 9. The molecule has 0 saturated carbocycles. The van der Waals surface area contributed by atoms with Gasteiger partial charge in [-0.05, 0) is 48.9 Å². The summed E-state index contributed by atoms with van der Waals surface area (Å²) in [5, 5.41) is 12.8. The lowest BCUT2D eigenvalue weighted by molar-refractivity contribution is 0.290. The Balaban J connectivity index is 2.19. The first kappa shape index (κ1) is 24.6. The van der Waals surface area contributed by atoms with Crippen LogP contribution >= 0.6 is 10.6 Å². The van der Waals surface area contributed by atoms with Crippen LogP contribution in [0.5, 0.6) is 5.75 Å². The summed E-state index contributed by atoms with van der Waals surface area (Å²) in [7, 11) is -1.39.